The number of aromatic nitrogens is 4. The van der Waals surface area contributed by atoms with Crippen molar-refractivity contribution in [2.45, 2.75) is 38.7 Å². The zero-order valence-corrected chi connectivity index (χ0v) is 17.4. The molecule has 3 atom stereocenters. The van der Waals surface area contributed by atoms with Crippen LogP contribution in [-0.2, 0) is 15.6 Å². The Morgan fingerprint density at radius 2 is 1.77 bits per heavy atom. The molecule has 14 heteroatoms. The van der Waals surface area contributed by atoms with E-state index in [9.17, 15) is 29.5 Å². The van der Waals surface area contributed by atoms with E-state index in [1.54, 1.807) is 19.1 Å². The second-order valence-electron chi connectivity index (χ2n) is 7.07. The van der Waals surface area contributed by atoms with Crippen LogP contribution >= 0.6 is 7.82 Å². The second-order valence-corrected chi connectivity index (χ2v) is 8.26. The lowest BCUT2D eigenvalue weighted by Gasteiger charge is -2.28. The van der Waals surface area contributed by atoms with Crippen molar-refractivity contribution in [3.63, 3.8) is 0 Å². The van der Waals surface area contributed by atoms with E-state index in [1.165, 1.54) is 4.57 Å². The van der Waals surface area contributed by atoms with E-state index in [2.05, 4.69) is 14.5 Å². The highest BCUT2D eigenvalue weighted by atomic mass is 31.2. The normalized spacial score (nSPS) is 15.3. The molecule has 0 aliphatic carbocycles. The molecule has 1 aromatic rings. The monoisotopic (exact) mass is 456 g/mol. The third-order valence-electron chi connectivity index (χ3n) is 4.80. The van der Waals surface area contributed by atoms with Gasteiger partial charge in [0.1, 0.15) is 18.3 Å². The van der Waals surface area contributed by atoms with Crippen molar-refractivity contribution >= 4 is 18.9 Å². The number of hydrogen-bond donors (Lipinski definition) is 6. The van der Waals surface area contributed by atoms with Gasteiger partial charge in [-0.1, -0.05) is 0 Å². The number of fused-ring (bicyclic) bond motifs is 2. The number of aromatic amines is 1. The van der Waals surface area contributed by atoms with Gasteiger partial charge in [0.15, 0.2) is 11.5 Å². The molecule has 0 radical (unpaired) electrons. The SMILES string of the molecule is Cc1cc2nc3c(=O)[nH]c(=O)nc-3n(C[C@@H](O)[C@@H](OP(=O)(O)O)[C@@H](O)CO)c2cc1C. The summed E-state index contributed by atoms with van der Waals surface area (Å²) in [6.45, 7) is 2.17. The van der Waals surface area contributed by atoms with Crippen LogP contribution in [0.1, 0.15) is 11.1 Å². The van der Waals surface area contributed by atoms with E-state index in [0.29, 0.717) is 11.0 Å². The van der Waals surface area contributed by atoms with E-state index in [4.69, 9.17) is 9.79 Å². The Bertz CT molecular complexity index is 1250. The maximum absolute atomic E-state index is 12.3. The van der Waals surface area contributed by atoms with Crippen molar-refractivity contribution in [2.24, 2.45) is 0 Å². The second kappa shape index (κ2) is 8.55. The lowest BCUT2D eigenvalue weighted by atomic mass is 10.1. The number of hydrogen-bond acceptors (Lipinski definition) is 9. The Labute approximate surface area is 174 Å². The molecule has 0 aromatic heterocycles. The third-order valence-corrected chi connectivity index (χ3v) is 5.32. The Hall–Kier alpha value is -2.51. The number of nitrogens with zero attached hydrogens (tertiary/aromatic N) is 3. The number of aryl methyl sites for hydroxylation is 2. The van der Waals surface area contributed by atoms with Crippen molar-refractivity contribution in [2.75, 3.05) is 6.61 Å². The van der Waals surface area contributed by atoms with Gasteiger partial charge in [0.2, 0.25) is 0 Å². The summed E-state index contributed by atoms with van der Waals surface area (Å²) in [6.07, 6.45) is -5.51. The van der Waals surface area contributed by atoms with E-state index >= 15 is 0 Å². The molecule has 0 saturated heterocycles. The lowest BCUT2D eigenvalue weighted by Crippen LogP contribution is -2.43. The number of nitrogens with one attached hydrogen (secondary N) is 1. The van der Waals surface area contributed by atoms with Gasteiger partial charge in [0.05, 0.1) is 24.2 Å². The minimum absolute atomic E-state index is 0.183. The van der Waals surface area contributed by atoms with Gasteiger partial charge in [0, 0.05) is 0 Å². The Morgan fingerprint density at radius 3 is 2.39 bits per heavy atom. The fraction of sp³-hybridized carbons (Fsp3) is 0.412. The average Bonchev–Trinajstić information content (AvgIpc) is 2.66. The van der Waals surface area contributed by atoms with E-state index < -0.39 is 50.5 Å². The summed E-state index contributed by atoms with van der Waals surface area (Å²) < 4.78 is 17.0. The first-order valence-electron chi connectivity index (χ1n) is 9.04. The van der Waals surface area contributed by atoms with Crippen LogP contribution in [-0.4, -0.2) is 69.5 Å². The van der Waals surface area contributed by atoms with Crippen molar-refractivity contribution in [1.82, 2.24) is 19.5 Å². The molecule has 2 heterocycles. The molecular formula is C17H21N4O9P. The van der Waals surface area contributed by atoms with Crippen LogP contribution in [0.2, 0.25) is 0 Å². The Morgan fingerprint density at radius 1 is 1.13 bits per heavy atom. The number of rotatable bonds is 7. The number of aliphatic hydroxyl groups is 3. The minimum Gasteiger partial charge on any atom is -0.394 e. The fourth-order valence-electron chi connectivity index (χ4n) is 3.19. The van der Waals surface area contributed by atoms with Gasteiger partial charge < -0.3 is 29.7 Å². The molecule has 0 unspecified atom stereocenters. The molecule has 2 aliphatic heterocycles. The maximum Gasteiger partial charge on any atom is 0.470 e. The first-order valence-corrected chi connectivity index (χ1v) is 10.6. The van der Waals surface area contributed by atoms with Crippen LogP contribution in [0.4, 0.5) is 0 Å². The largest absolute Gasteiger partial charge is 0.470 e. The number of benzene rings is 1. The average molecular weight is 456 g/mol. The molecule has 0 bridgehead atoms. The Balaban J connectivity index is 2.23. The highest BCUT2D eigenvalue weighted by molar-refractivity contribution is 7.46. The van der Waals surface area contributed by atoms with Crippen LogP contribution in [0.3, 0.4) is 0 Å². The zero-order chi connectivity index (χ0) is 23.1. The predicted molar refractivity (Wildman–Crippen MR) is 107 cm³/mol. The van der Waals surface area contributed by atoms with Crippen LogP contribution in [0.25, 0.3) is 22.6 Å². The first kappa shape index (κ1) is 23.2. The summed E-state index contributed by atoms with van der Waals surface area (Å²) in [5.41, 5.74) is 0.417. The highest BCUT2D eigenvalue weighted by Gasteiger charge is 2.35. The molecular weight excluding hydrogens is 435 g/mol. The van der Waals surface area contributed by atoms with E-state index in [-0.39, 0.29) is 11.5 Å². The van der Waals surface area contributed by atoms with Crippen LogP contribution in [0.5, 0.6) is 0 Å². The molecule has 6 N–H and O–H groups in total. The summed E-state index contributed by atoms with van der Waals surface area (Å²) >= 11 is 0. The van der Waals surface area contributed by atoms with Crippen molar-refractivity contribution in [1.29, 1.82) is 0 Å². The van der Waals surface area contributed by atoms with Crippen LogP contribution in [0, 0.1) is 13.8 Å². The van der Waals surface area contributed by atoms with Crippen LogP contribution < -0.4 is 11.2 Å². The third kappa shape index (κ3) is 4.88. The molecule has 2 aliphatic rings. The quantitative estimate of drug-likeness (QED) is 0.176. The molecule has 31 heavy (non-hydrogen) atoms. The van der Waals surface area contributed by atoms with Gasteiger partial charge in [-0.3, -0.25) is 14.3 Å². The summed E-state index contributed by atoms with van der Waals surface area (Å²) in [5.74, 6) is -0.183. The van der Waals surface area contributed by atoms with Gasteiger partial charge >= 0.3 is 13.5 Å². The standard InChI is InChI=1S/C17H21N4O9P/c1-7-3-9-10(4-8(7)2)21(15-13(18-9)16(25)20-17(26)19-15)5-11(23)14(12(24)6-22)30-31(27,28)29/h3-4,11-12,14,22-24H,5-6H2,1-2H3,(H,20,25,26)(H2,27,28,29)/t11-,12+,14-/m1/s1. The van der Waals surface area contributed by atoms with Gasteiger partial charge in [-0.15, -0.1) is 0 Å². The smallest absolute Gasteiger partial charge is 0.394 e. The topological polar surface area (TPSA) is 208 Å². The lowest BCUT2D eigenvalue weighted by molar-refractivity contribution is -0.0766. The van der Waals surface area contributed by atoms with Gasteiger partial charge in [0.25, 0.3) is 5.56 Å². The van der Waals surface area contributed by atoms with Gasteiger partial charge in [-0.25, -0.2) is 14.3 Å². The Kier molecular flexibility index (Phi) is 6.39. The highest BCUT2D eigenvalue weighted by Crippen LogP contribution is 2.39. The van der Waals surface area contributed by atoms with Gasteiger partial charge in [-0.05, 0) is 37.1 Å². The summed E-state index contributed by atoms with van der Waals surface area (Å²) in [4.78, 5) is 52.3. The molecule has 0 amide bonds. The number of H-pyrrole nitrogens is 1. The predicted octanol–water partition coefficient (Wildman–Crippen LogP) is -1.61. The molecule has 13 nitrogen and oxygen atoms in total. The molecule has 0 fully saturated rings. The van der Waals surface area contributed by atoms with Crippen LogP contribution in [0.15, 0.2) is 21.7 Å². The maximum atomic E-state index is 12.3. The van der Waals surface area contributed by atoms with Crippen molar-refractivity contribution < 1.29 is 34.2 Å². The summed E-state index contributed by atoms with van der Waals surface area (Å²) in [6, 6.07) is 3.36. The zero-order valence-electron chi connectivity index (χ0n) is 16.5. The molecule has 0 saturated carbocycles. The molecule has 0 spiro atoms. The number of phosphoric acid groups is 1. The first-order chi connectivity index (χ1) is 14.4. The molecule has 1 aromatic carbocycles. The van der Waals surface area contributed by atoms with Gasteiger partial charge in [-0.2, -0.15) is 4.98 Å². The molecule has 168 valence electrons. The number of aliphatic hydroxyl groups excluding tert-OH is 3. The van der Waals surface area contributed by atoms with E-state index in [1.807, 2.05) is 11.9 Å². The van der Waals surface area contributed by atoms with Crippen molar-refractivity contribution in [3.8, 4) is 11.5 Å². The summed E-state index contributed by atoms with van der Waals surface area (Å²) in [5, 5.41) is 29.7. The minimum atomic E-state index is -5.15. The summed E-state index contributed by atoms with van der Waals surface area (Å²) in [7, 11) is -5.15. The van der Waals surface area contributed by atoms with E-state index in [0.717, 1.165) is 11.1 Å². The fourth-order valence-corrected chi connectivity index (χ4v) is 3.78. The number of phosphoric ester groups is 1. The molecule has 3 rings (SSSR count). The van der Waals surface area contributed by atoms with Crippen molar-refractivity contribution in [3.05, 3.63) is 44.1 Å².